The Morgan fingerprint density at radius 1 is 1.12 bits per heavy atom. The lowest BCUT2D eigenvalue weighted by atomic mass is 10.0. The first-order valence-electron chi connectivity index (χ1n) is 8.24. The number of aromatic nitrogens is 4. The van der Waals surface area contributed by atoms with E-state index in [0.29, 0.717) is 6.42 Å². The van der Waals surface area contributed by atoms with Crippen LogP contribution in [0, 0.1) is 0 Å². The summed E-state index contributed by atoms with van der Waals surface area (Å²) in [4.78, 5) is 0. The molecule has 0 spiro atoms. The molecule has 2 aromatic carbocycles. The standard InChI is InChI=1S/C20H17ClN4O/c1-12-17(9-13-3-5-14(21)6-4-13)16-8-7-15(26-2)10-19(16)18(12)11-20-22-24-25-23-20/h3-10H,11H2,1-2H3,(H,22,23,24,25). The van der Waals surface area contributed by atoms with E-state index in [4.69, 9.17) is 16.3 Å². The van der Waals surface area contributed by atoms with Crippen molar-refractivity contribution in [2.45, 2.75) is 13.3 Å². The van der Waals surface area contributed by atoms with Crippen molar-refractivity contribution in [1.29, 1.82) is 0 Å². The van der Waals surface area contributed by atoms with E-state index in [1.807, 2.05) is 30.3 Å². The number of hydrogen-bond donors (Lipinski definition) is 1. The Labute approximate surface area is 156 Å². The summed E-state index contributed by atoms with van der Waals surface area (Å²) in [6, 6.07) is 14.0. The molecule has 0 amide bonds. The van der Waals surface area contributed by atoms with Gasteiger partial charge in [-0.05, 0) is 81.1 Å². The number of methoxy groups -OCH3 is 1. The molecule has 0 unspecified atom stereocenters. The van der Waals surface area contributed by atoms with E-state index in [2.05, 4.69) is 45.8 Å². The van der Waals surface area contributed by atoms with E-state index in [0.717, 1.165) is 27.7 Å². The summed E-state index contributed by atoms with van der Waals surface area (Å²) in [7, 11) is 1.68. The third-order valence-electron chi connectivity index (χ3n) is 4.61. The van der Waals surface area contributed by atoms with Gasteiger partial charge in [0.05, 0.1) is 7.11 Å². The quantitative estimate of drug-likeness (QED) is 0.743. The van der Waals surface area contributed by atoms with Crippen molar-refractivity contribution in [3.8, 4) is 5.75 Å². The molecule has 3 aromatic rings. The zero-order chi connectivity index (χ0) is 18.1. The number of benzene rings is 2. The SMILES string of the molecule is COc1ccc2c(c1)C(Cc1nnn[nH]1)=C(C)C2=Cc1ccc(Cl)cc1. The first-order valence-corrected chi connectivity index (χ1v) is 8.62. The summed E-state index contributed by atoms with van der Waals surface area (Å²) < 4.78 is 5.42. The molecule has 1 aliphatic carbocycles. The van der Waals surface area contributed by atoms with E-state index < -0.39 is 0 Å². The number of ether oxygens (including phenoxy) is 1. The van der Waals surface area contributed by atoms with Gasteiger partial charge in [0.2, 0.25) is 0 Å². The Hall–Kier alpha value is -2.92. The highest BCUT2D eigenvalue weighted by atomic mass is 35.5. The van der Waals surface area contributed by atoms with Crippen molar-refractivity contribution in [3.05, 3.63) is 75.6 Å². The highest BCUT2D eigenvalue weighted by Crippen LogP contribution is 2.44. The van der Waals surface area contributed by atoms with Crippen molar-refractivity contribution < 1.29 is 4.74 Å². The number of tetrazole rings is 1. The van der Waals surface area contributed by atoms with Gasteiger partial charge < -0.3 is 4.74 Å². The maximum Gasteiger partial charge on any atom is 0.152 e. The third-order valence-corrected chi connectivity index (χ3v) is 4.87. The number of fused-ring (bicyclic) bond motifs is 1. The zero-order valence-corrected chi connectivity index (χ0v) is 15.2. The predicted molar refractivity (Wildman–Crippen MR) is 103 cm³/mol. The van der Waals surface area contributed by atoms with Gasteiger partial charge in [-0.2, -0.15) is 0 Å². The number of rotatable bonds is 4. The van der Waals surface area contributed by atoms with Gasteiger partial charge in [0.25, 0.3) is 0 Å². The van der Waals surface area contributed by atoms with Crippen LogP contribution in [0.25, 0.3) is 17.2 Å². The molecule has 1 N–H and O–H groups in total. The molecule has 0 saturated heterocycles. The van der Waals surface area contributed by atoms with Crippen LogP contribution in [0.5, 0.6) is 5.75 Å². The summed E-state index contributed by atoms with van der Waals surface area (Å²) in [5.41, 5.74) is 7.03. The van der Waals surface area contributed by atoms with Crippen LogP contribution < -0.4 is 4.74 Å². The van der Waals surface area contributed by atoms with Crippen LogP contribution in [0.3, 0.4) is 0 Å². The molecule has 0 aliphatic heterocycles. The molecule has 6 heteroatoms. The minimum atomic E-state index is 0.636. The highest BCUT2D eigenvalue weighted by molar-refractivity contribution is 6.30. The zero-order valence-electron chi connectivity index (χ0n) is 14.5. The fourth-order valence-corrected chi connectivity index (χ4v) is 3.39. The summed E-state index contributed by atoms with van der Waals surface area (Å²) in [6.07, 6.45) is 2.82. The number of nitrogens with zero attached hydrogens (tertiary/aromatic N) is 3. The third kappa shape index (κ3) is 3.02. The maximum absolute atomic E-state index is 6.01. The molecular weight excluding hydrogens is 348 g/mol. The first-order chi connectivity index (χ1) is 12.7. The molecule has 0 fully saturated rings. The van der Waals surface area contributed by atoms with Crippen LogP contribution in [0.4, 0.5) is 0 Å². The number of allylic oxidation sites excluding steroid dienone is 3. The number of hydrogen-bond acceptors (Lipinski definition) is 4. The van der Waals surface area contributed by atoms with Crippen molar-refractivity contribution in [3.63, 3.8) is 0 Å². The Kier molecular flexibility index (Phi) is 4.31. The predicted octanol–water partition coefficient (Wildman–Crippen LogP) is 4.43. The second-order valence-corrected chi connectivity index (χ2v) is 6.59. The van der Waals surface area contributed by atoms with Gasteiger partial charge in [0, 0.05) is 11.4 Å². The first kappa shape index (κ1) is 16.5. The molecule has 1 aromatic heterocycles. The Morgan fingerprint density at radius 3 is 2.62 bits per heavy atom. The number of aromatic amines is 1. The van der Waals surface area contributed by atoms with Gasteiger partial charge in [0.15, 0.2) is 5.82 Å². The molecule has 1 heterocycles. The van der Waals surface area contributed by atoms with E-state index >= 15 is 0 Å². The fourth-order valence-electron chi connectivity index (χ4n) is 3.26. The molecule has 0 saturated carbocycles. The number of H-pyrrole nitrogens is 1. The van der Waals surface area contributed by atoms with Gasteiger partial charge >= 0.3 is 0 Å². The van der Waals surface area contributed by atoms with Crippen LogP contribution in [-0.2, 0) is 6.42 Å². The average molecular weight is 365 g/mol. The lowest BCUT2D eigenvalue weighted by Gasteiger charge is -2.07. The molecule has 0 atom stereocenters. The number of nitrogens with one attached hydrogen (secondary N) is 1. The summed E-state index contributed by atoms with van der Waals surface area (Å²) >= 11 is 6.01. The van der Waals surface area contributed by atoms with Crippen LogP contribution in [-0.4, -0.2) is 27.7 Å². The summed E-state index contributed by atoms with van der Waals surface area (Å²) in [5.74, 6) is 1.57. The van der Waals surface area contributed by atoms with Gasteiger partial charge in [-0.3, -0.25) is 0 Å². The lowest BCUT2D eigenvalue weighted by molar-refractivity contribution is 0.414. The van der Waals surface area contributed by atoms with E-state index in [9.17, 15) is 0 Å². The molecule has 1 aliphatic rings. The van der Waals surface area contributed by atoms with Gasteiger partial charge in [0.1, 0.15) is 5.75 Å². The fraction of sp³-hybridized carbons (Fsp3) is 0.150. The normalized spacial score (nSPS) is 14.8. The van der Waals surface area contributed by atoms with Crippen molar-refractivity contribution in [2.75, 3.05) is 7.11 Å². The van der Waals surface area contributed by atoms with Gasteiger partial charge in [-0.1, -0.05) is 29.8 Å². The highest BCUT2D eigenvalue weighted by Gasteiger charge is 2.25. The Morgan fingerprint density at radius 2 is 1.92 bits per heavy atom. The maximum atomic E-state index is 6.01. The summed E-state index contributed by atoms with van der Waals surface area (Å²) in [6.45, 7) is 2.13. The minimum absolute atomic E-state index is 0.636. The Balaban J connectivity index is 1.84. The second kappa shape index (κ2) is 6.77. The minimum Gasteiger partial charge on any atom is -0.497 e. The van der Waals surface area contributed by atoms with Crippen LogP contribution in [0.1, 0.15) is 29.4 Å². The number of halogens is 1. The van der Waals surface area contributed by atoms with Crippen LogP contribution >= 0.6 is 11.6 Å². The molecule has 0 bridgehead atoms. The van der Waals surface area contributed by atoms with E-state index in [-0.39, 0.29) is 0 Å². The smallest absolute Gasteiger partial charge is 0.152 e. The molecule has 130 valence electrons. The Bertz CT molecular complexity index is 1000. The topological polar surface area (TPSA) is 63.7 Å². The lowest BCUT2D eigenvalue weighted by Crippen LogP contribution is -1.94. The second-order valence-electron chi connectivity index (χ2n) is 6.15. The van der Waals surface area contributed by atoms with Crippen molar-refractivity contribution in [1.82, 2.24) is 20.6 Å². The molecule has 0 radical (unpaired) electrons. The molecule has 5 nitrogen and oxygen atoms in total. The van der Waals surface area contributed by atoms with E-state index in [1.165, 1.54) is 22.3 Å². The van der Waals surface area contributed by atoms with Crippen molar-refractivity contribution >= 4 is 28.8 Å². The average Bonchev–Trinajstić information content (AvgIpc) is 3.26. The van der Waals surface area contributed by atoms with Gasteiger partial charge in [-0.25, -0.2) is 5.10 Å². The largest absolute Gasteiger partial charge is 0.497 e. The van der Waals surface area contributed by atoms with Gasteiger partial charge in [-0.15, -0.1) is 5.10 Å². The monoisotopic (exact) mass is 364 g/mol. The van der Waals surface area contributed by atoms with Crippen LogP contribution in [0.15, 0.2) is 48.0 Å². The molecular formula is C20H17ClN4O. The molecule has 26 heavy (non-hydrogen) atoms. The summed E-state index contributed by atoms with van der Waals surface area (Å²) in [5, 5.41) is 15.0. The van der Waals surface area contributed by atoms with Crippen LogP contribution in [0.2, 0.25) is 5.02 Å². The van der Waals surface area contributed by atoms with E-state index in [1.54, 1.807) is 7.11 Å². The van der Waals surface area contributed by atoms with Crippen molar-refractivity contribution in [2.24, 2.45) is 0 Å². The molecule has 4 rings (SSSR count).